The lowest BCUT2D eigenvalue weighted by atomic mass is 10.1. The van der Waals surface area contributed by atoms with Gasteiger partial charge in [0.15, 0.2) is 0 Å². The number of nitrogens with zero attached hydrogens (tertiary/aromatic N) is 1. The van der Waals surface area contributed by atoms with Crippen LogP contribution in [0.15, 0.2) is 93.1 Å². The summed E-state index contributed by atoms with van der Waals surface area (Å²) in [5.41, 5.74) is 1.65. The number of aliphatic carboxylic acids is 1. The highest BCUT2D eigenvalue weighted by molar-refractivity contribution is 9.10. The maximum absolute atomic E-state index is 13.5. The van der Waals surface area contributed by atoms with Crippen molar-refractivity contribution in [3.05, 3.63) is 94.5 Å². The van der Waals surface area contributed by atoms with Gasteiger partial charge in [0.25, 0.3) is 0 Å². The van der Waals surface area contributed by atoms with Gasteiger partial charge in [0.05, 0.1) is 9.79 Å². The van der Waals surface area contributed by atoms with Crippen LogP contribution >= 0.6 is 15.9 Å². The van der Waals surface area contributed by atoms with Gasteiger partial charge in [-0.25, -0.2) is 16.8 Å². The van der Waals surface area contributed by atoms with Crippen molar-refractivity contribution in [3.8, 4) is 0 Å². The van der Waals surface area contributed by atoms with Gasteiger partial charge in [-0.05, 0) is 80.5 Å². The number of aryl methyl sites for hydroxylation is 1. The zero-order valence-corrected chi connectivity index (χ0v) is 28.7. The van der Waals surface area contributed by atoms with Crippen molar-refractivity contribution in [2.45, 2.75) is 68.3 Å². The Labute approximate surface area is 274 Å². The van der Waals surface area contributed by atoms with Crippen LogP contribution in [0.2, 0.25) is 0 Å². The second-order valence-corrected chi connectivity index (χ2v) is 15.8. The van der Waals surface area contributed by atoms with E-state index in [1.165, 1.54) is 24.3 Å². The summed E-state index contributed by atoms with van der Waals surface area (Å²) in [6.45, 7) is 5.66. The summed E-state index contributed by atoms with van der Waals surface area (Å²) in [5, 5.41) is 12.8. The van der Waals surface area contributed by atoms with Crippen LogP contribution < -0.4 is 10.0 Å². The topological polar surface area (TPSA) is 150 Å². The predicted octanol–water partition coefficient (Wildman–Crippen LogP) is 4.73. The van der Waals surface area contributed by atoms with Crippen LogP contribution in [0.25, 0.3) is 0 Å². The van der Waals surface area contributed by atoms with E-state index in [9.17, 15) is 31.5 Å². The Balaban J connectivity index is 1.67. The van der Waals surface area contributed by atoms with E-state index in [2.05, 4.69) is 26.0 Å². The zero-order chi connectivity index (χ0) is 33.2. The van der Waals surface area contributed by atoms with E-state index >= 15 is 0 Å². The number of sulfonamides is 2. The first-order valence-corrected chi connectivity index (χ1v) is 18.3. The molecule has 3 aromatic carbocycles. The van der Waals surface area contributed by atoms with Crippen molar-refractivity contribution in [3.63, 3.8) is 0 Å². The average molecular weight is 723 g/mol. The van der Waals surface area contributed by atoms with Crippen LogP contribution in [0.3, 0.4) is 0 Å². The molecule has 0 saturated carbocycles. The van der Waals surface area contributed by atoms with Crippen molar-refractivity contribution < 1.29 is 31.5 Å². The van der Waals surface area contributed by atoms with Crippen LogP contribution in [0, 0.1) is 12.8 Å². The molecule has 0 aromatic heterocycles. The van der Waals surface area contributed by atoms with Crippen LogP contribution in [0.5, 0.6) is 0 Å². The largest absolute Gasteiger partial charge is 0.480 e. The number of rotatable bonds is 17. The third kappa shape index (κ3) is 10.7. The minimum atomic E-state index is -4.08. The van der Waals surface area contributed by atoms with Crippen molar-refractivity contribution in [1.29, 1.82) is 0 Å². The van der Waals surface area contributed by atoms with Crippen LogP contribution in [-0.4, -0.2) is 63.3 Å². The number of nitrogens with one attached hydrogen (secondary N) is 2. The molecule has 3 N–H and O–H groups in total. The molecule has 244 valence electrons. The Hall–Kier alpha value is -3.10. The Morgan fingerprint density at radius 1 is 0.867 bits per heavy atom. The lowest BCUT2D eigenvalue weighted by molar-refractivity contribution is -0.142. The fourth-order valence-electron chi connectivity index (χ4n) is 4.69. The standard InChI is InChI=1S/C32H40BrN3O7S2/c1-23(2)22-36(45(42,43)28-16-12-24(3)13-17-28)30(32(38)39)11-7-8-20-34-31(37)29(21-25-9-5-4-6-10-25)35-44(40,41)27-18-14-26(33)15-19-27/h4-6,9-10,12-19,23,29-30,35H,7-8,11,20-22H2,1-3H3,(H,34,37)(H,38,39)/t29-,30-/m0/s1. The predicted molar refractivity (Wildman–Crippen MR) is 177 cm³/mol. The number of hydrogen-bond donors (Lipinski definition) is 3. The number of unbranched alkanes of at least 4 members (excludes halogenated alkanes) is 1. The summed E-state index contributed by atoms with van der Waals surface area (Å²) >= 11 is 3.28. The molecular formula is C32H40BrN3O7S2. The SMILES string of the molecule is Cc1ccc(S(=O)(=O)N(CC(C)C)[C@@H](CCCCNC(=O)[C@H](Cc2ccccc2)NS(=O)(=O)c2ccc(Br)cc2)C(=O)O)cc1. The van der Waals surface area contributed by atoms with Gasteiger partial charge >= 0.3 is 5.97 Å². The van der Waals surface area contributed by atoms with Crippen molar-refractivity contribution in [2.24, 2.45) is 5.92 Å². The first-order chi connectivity index (χ1) is 21.2. The Kier molecular flexibility index (Phi) is 13.3. The number of benzene rings is 3. The van der Waals surface area contributed by atoms with Crippen molar-refractivity contribution in [2.75, 3.05) is 13.1 Å². The van der Waals surface area contributed by atoms with Gasteiger partial charge in [0, 0.05) is 17.6 Å². The number of amides is 1. The van der Waals surface area contributed by atoms with E-state index in [1.807, 2.05) is 26.8 Å². The molecule has 3 aromatic rings. The summed E-state index contributed by atoms with van der Waals surface area (Å²) in [6.07, 6.45) is 0.813. The van der Waals surface area contributed by atoms with E-state index < -0.39 is 44.0 Å². The third-order valence-corrected chi connectivity index (χ3v) is 10.9. The molecule has 0 fully saturated rings. The van der Waals surface area contributed by atoms with E-state index in [-0.39, 0.29) is 41.6 Å². The summed E-state index contributed by atoms with van der Waals surface area (Å²) in [4.78, 5) is 25.6. The van der Waals surface area contributed by atoms with E-state index in [0.717, 1.165) is 15.4 Å². The molecule has 2 atom stereocenters. The van der Waals surface area contributed by atoms with E-state index in [0.29, 0.717) is 17.3 Å². The molecular weight excluding hydrogens is 682 g/mol. The van der Waals surface area contributed by atoms with Crippen LogP contribution in [0.4, 0.5) is 0 Å². The van der Waals surface area contributed by atoms with Crippen LogP contribution in [-0.2, 0) is 36.1 Å². The normalized spacial score (nSPS) is 13.5. The van der Waals surface area contributed by atoms with E-state index in [1.54, 1.807) is 48.5 Å². The second kappa shape index (κ2) is 16.5. The fraction of sp³-hybridized carbons (Fsp3) is 0.375. The van der Waals surface area contributed by atoms with Gasteiger partial charge in [0.2, 0.25) is 26.0 Å². The van der Waals surface area contributed by atoms with Gasteiger partial charge in [-0.15, -0.1) is 0 Å². The molecule has 0 aliphatic rings. The molecule has 0 unspecified atom stereocenters. The summed E-state index contributed by atoms with van der Waals surface area (Å²) in [7, 11) is -8.10. The number of carboxylic acid groups (broad SMARTS) is 1. The Morgan fingerprint density at radius 3 is 2.04 bits per heavy atom. The minimum Gasteiger partial charge on any atom is -0.480 e. The zero-order valence-electron chi connectivity index (χ0n) is 25.5. The lowest BCUT2D eigenvalue weighted by Crippen LogP contribution is -2.48. The smallest absolute Gasteiger partial charge is 0.322 e. The Bertz CT molecular complexity index is 1630. The highest BCUT2D eigenvalue weighted by atomic mass is 79.9. The molecule has 0 spiro atoms. The van der Waals surface area contributed by atoms with Gasteiger partial charge in [-0.3, -0.25) is 9.59 Å². The number of carboxylic acids is 1. The van der Waals surface area contributed by atoms with Gasteiger partial charge in [-0.2, -0.15) is 9.03 Å². The fourth-order valence-corrected chi connectivity index (χ4v) is 7.93. The van der Waals surface area contributed by atoms with Crippen molar-refractivity contribution >= 4 is 47.9 Å². The summed E-state index contributed by atoms with van der Waals surface area (Å²) in [5.74, 6) is -1.90. The van der Waals surface area contributed by atoms with Gasteiger partial charge < -0.3 is 10.4 Å². The molecule has 13 heteroatoms. The number of carbonyl (C=O) groups is 2. The number of halogens is 1. The molecule has 45 heavy (non-hydrogen) atoms. The first-order valence-electron chi connectivity index (χ1n) is 14.6. The second-order valence-electron chi connectivity index (χ2n) is 11.2. The average Bonchev–Trinajstić information content (AvgIpc) is 2.98. The molecule has 3 rings (SSSR count). The maximum Gasteiger partial charge on any atom is 0.322 e. The van der Waals surface area contributed by atoms with Gasteiger partial charge in [0.1, 0.15) is 12.1 Å². The number of carbonyl (C=O) groups excluding carboxylic acids is 1. The quantitative estimate of drug-likeness (QED) is 0.171. The molecule has 0 heterocycles. The third-order valence-electron chi connectivity index (χ3n) is 7.03. The maximum atomic E-state index is 13.5. The summed E-state index contributed by atoms with van der Waals surface area (Å²) in [6, 6.07) is 19.0. The minimum absolute atomic E-state index is 0.0165. The molecule has 0 aliphatic heterocycles. The number of hydrogen-bond acceptors (Lipinski definition) is 6. The molecule has 10 nitrogen and oxygen atoms in total. The molecule has 0 bridgehead atoms. The van der Waals surface area contributed by atoms with E-state index in [4.69, 9.17) is 0 Å². The molecule has 0 radical (unpaired) electrons. The summed E-state index contributed by atoms with van der Waals surface area (Å²) < 4.78 is 57.5. The van der Waals surface area contributed by atoms with Crippen LogP contribution in [0.1, 0.15) is 44.2 Å². The molecule has 0 aliphatic carbocycles. The highest BCUT2D eigenvalue weighted by Crippen LogP contribution is 2.23. The van der Waals surface area contributed by atoms with Gasteiger partial charge in [-0.1, -0.05) is 77.8 Å². The monoisotopic (exact) mass is 721 g/mol. The Morgan fingerprint density at radius 2 is 1.47 bits per heavy atom. The lowest BCUT2D eigenvalue weighted by Gasteiger charge is -2.29. The highest BCUT2D eigenvalue weighted by Gasteiger charge is 2.36. The first kappa shape index (κ1) is 36.4. The molecule has 0 saturated heterocycles. The van der Waals surface area contributed by atoms with Crippen molar-refractivity contribution in [1.82, 2.24) is 14.3 Å². The molecule has 1 amide bonds.